The van der Waals surface area contributed by atoms with E-state index >= 15 is 0 Å². The first-order valence-corrected chi connectivity index (χ1v) is 8.24. The number of carbonyl (C=O) groups excluding carboxylic acids is 1. The number of benzene rings is 1. The van der Waals surface area contributed by atoms with Gasteiger partial charge in [-0.25, -0.2) is 8.42 Å². The molecule has 0 saturated heterocycles. The lowest BCUT2D eigenvalue weighted by Crippen LogP contribution is -2.32. The highest BCUT2D eigenvalue weighted by Crippen LogP contribution is 2.21. The van der Waals surface area contributed by atoms with Crippen LogP contribution in [0.5, 0.6) is 0 Å². The van der Waals surface area contributed by atoms with Crippen LogP contribution in [0, 0.1) is 17.2 Å². The summed E-state index contributed by atoms with van der Waals surface area (Å²) in [7, 11) is -1.97. The molecule has 1 atom stereocenters. The zero-order valence-corrected chi connectivity index (χ0v) is 13.5. The van der Waals surface area contributed by atoms with Crippen LogP contribution in [0.2, 0.25) is 0 Å². The molecule has 1 amide bonds. The van der Waals surface area contributed by atoms with Gasteiger partial charge in [-0.3, -0.25) is 4.79 Å². The molecule has 6 heteroatoms. The molecule has 0 aromatic heterocycles. The standard InChI is InChI=1S/C15H20N2O3S/c1-11(2)21(19,20)14-8-6-5-7-13(14)15(18)17(4)10-12(3)9-16/h5-8,11-12H,10H2,1-4H3. The van der Waals surface area contributed by atoms with Crippen molar-refractivity contribution in [3.63, 3.8) is 0 Å². The maximum atomic E-state index is 12.4. The Morgan fingerprint density at radius 2 is 1.86 bits per heavy atom. The summed E-state index contributed by atoms with van der Waals surface area (Å²) in [4.78, 5) is 13.9. The molecule has 1 aromatic carbocycles. The van der Waals surface area contributed by atoms with Crippen molar-refractivity contribution in [3.05, 3.63) is 29.8 Å². The molecule has 114 valence electrons. The number of carbonyl (C=O) groups is 1. The topological polar surface area (TPSA) is 78.2 Å². The Labute approximate surface area is 126 Å². The third-order valence-electron chi connectivity index (χ3n) is 3.16. The van der Waals surface area contributed by atoms with Crippen LogP contribution in [-0.4, -0.2) is 38.1 Å². The van der Waals surface area contributed by atoms with Crippen LogP contribution >= 0.6 is 0 Å². The van der Waals surface area contributed by atoms with Gasteiger partial charge in [-0.05, 0) is 32.9 Å². The van der Waals surface area contributed by atoms with Crippen molar-refractivity contribution in [2.45, 2.75) is 30.9 Å². The van der Waals surface area contributed by atoms with E-state index in [-0.39, 0.29) is 22.9 Å². The maximum absolute atomic E-state index is 12.4. The molecular weight excluding hydrogens is 288 g/mol. The smallest absolute Gasteiger partial charge is 0.254 e. The number of hydrogen-bond acceptors (Lipinski definition) is 4. The summed E-state index contributed by atoms with van der Waals surface area (Å²) in [5, 5.41) is 8.21. The lowest BCUT2D eigenvalue weighted by Gasteiger charge is -2.20. The van der Waals surface area contributed by atoms with E-state index in [2.05, 4.69) is 6.07 Å². The van der Waals surface area contributed by atoms with Crippen molar-refractivity contribution >= 4 is 15.7 Å². The second-order valence-electron chi connectivity index (χ2n) is 5.31. The molecule has 5 nitrogen and oxygen atoms in total. The first-order chi connectivity index (χ1) is 9.71. The summed E-state index contributed by atoms with van der Waals surface area (Å²) in [5.41, 5.74) is 0.152. The van der Waals surface area contributed by atoms with Crippen molar-refractivity contribution in [2.75, 3.05) is 13.6 Å². The van der Waals surface area contributed by atoms with Crippen molar-refractivity contribution in [1.82, 2.24) is 4.90 Å². The van der Waals surface area contributed by atoms with Crippen molar-refractivity contribution in [3.8, 4) is 6.07 Å². The number of amides is 1. The van der Waals surface area contributed by atoms with Crippen LogP contribution in [0.4, 0.5) is 0 Å². The third-order valence-corrected chi connectivity index (χ3v) is 5.37. The third kappa shape index (κ3) is 3.82. The number of nitriles is 1. The molecule has 0 saturated carbocycles. The molecule has 0 bridgehead atoms. The molecule has 1 rings (SSSR count). The highest BCUT2D eigenvalue weighted by molar-refractivity contribution is 7.92. The monoisotopic (exact) mass is 308 g/mol. The summed E-state index contributed by atoms with van der Waals surface area (Å²) in [6.45, 7) is 5.13. The number of rotatable bonds is 5. The van der Waals surface area contributed by atoms with Gasteiger partial charge in [0.15, 0.2) is 9.84 Å². The van der Waals surface area contributed by atoms with Crippen LogP contribution < -0.4 is 0 Å². The molecular formula is C15H20N2O3S. The van der Waals surface area contributed by atoms with E-state index in [0.717, 1.165) is 0 Å². The molecule has 0 spiro atoms. The Kier molecular flexibility index (Phi) is 5.50. The Morgan fingerprint density at radius 3 is 2.38 bits per heavy atom. The zero-order chi connectivity index (χ0) is 16.2. The Hall–Kier alpha value is -1.87. The molecule has 0 radical (unpaired) electrons. The van der Waals surface area contributed by atoms with Crippen LogP contribution in [0.3, 0.4) is 0 Å². The Balaban J connectivity index is 3.22. The van der Waals surface area contributed by atoms with Crippen LogP contribution in [-0.2, 0) is 9.84 Å². The van der Waals surface area contributed by atoms with Crippen molar-refractivity contribution in [2.24, 2.45) is 5.92 Å². The minimum atomic E-state index is -3.53. The molecule has 0 aliphatic carbocycles. The SMILES string of the molecule is CC(C#N)CN(C)C(=O)c1ccccc1S(=O)(=O)C(C)C. The largest absolute Gasteiger partial charge is 0.340 e. The number of sulfone groups is 1. The van der Waals surface area contributed by atoms with Crippen LogP contribution in [0.1, 0.15) is 31.1 Å². The van der Waals surface area contributed by atoms with E-state index in [9.17, 15) is 13.2 Å². The first kappa shape index (κ1) is 17.2. The van der Waals surface area contributed by atoms with E-state index in [4.69, 9.17) is 5.26 Å². The van der Waals surface area contributed by atoms with Crippen molar-refractivity contribution < 1.29 is 13.2 Å². The van der Waals surface area contributed by atoms with Gasteiger partial charge in [-0.1, -0.05) is 12.1 Å². The van der Waals surface area contributed by atoms with Gasteiger partial charge in [0.05, 0.1) is 27.7 Å². The van der Waals surface area contributed by atoms with Crippen molar-refractivity contribution in [1.29, 1.82) is 5.26 Å². The number of hydrogen-bond donors (Lipinski definition) is 0. The predicted molar refractivity (Wildman–Crippen MR) is 80.5 cm³/mol. The van der Waals surface area contributed by atoms with Crippen LogP contribution in [0.25, 0.3) is 0 Å². The minimum absolute atomic E-state index is 0.0430. The van der Waals surface area contributed by atoms with Gasteiger partial charge >= 0.3 is 0 Å². The minimum Gasteiger partial charge on any atom is -0.340 e. The van der Waals surface area contributed by atoms with E-state index in [1.165, 1.54) is 17.0 Å². The molecule has 0 aliphatic rings. The highest BCUT2D eigenvalue weighted by atomic mass is 32.2. The quantitative estimate of drug-likeness (QED) is 0.834. The number of nitrogens with zero attached hydrogens (tertiary/aromatic N) is 2. The molecule has 0 heterocycles. The maximum Gasteiger partial charge on any atom is 0.254 e. The van der Waals surface area contributed by atoms with Gasteiger partial charge in [0.25, 0.3) is 5.91 Å². The summed E-state index contributed by atoms with van der Waals surface area (Å²) in [5.74, 6) is -0.704. The summed E-state index contributed by atoms with van der Waals surface area (Å²) >= 11 is 0. The van der Waals surface area contributed by atoms with Gasteiger partial charge in [0, 0.05) is 13.6 Å². The average Bonchev–Trinajstić information content (AvgIpc) is 2.45. The molecule has 0 N–H and O–H groups in total. The molecule has 1 aromatic rings. The van der Waals surface area contributed by atoms with Gasteiger partial charge in [-0.15, -0.1) is 0 Å². The zero-order valence-electron chi connectivity index (χ0n) is 12.7. The molecule has 21 heavy (non-hydrogen) atoms. The van der Waals surface area contributed by atoms with Gasteiger partial charge < -0.3 is 4.90 Å². The Bertz CT molecular complexity index is 660. The van der Waals surface area contributed by atoms with E-state index in [0.29, 0.717) is 0 Å². The van der Waals surface area contributed by atoms with E-state index < -0.39 is 21.0 Å². The van der Waals surface area contributed by atoms with Gasteiger partial charge in [-0.2, -0.15) is 5.26 Å². The summed E-state index contributed by atoms with van der Waals surface area (Å²) in [6, 6.07) is 8.24. The molecule has 1 unspecified atom stereocenters. The van der Waals surface area contributed by atoms with E-state index in [1.807, 2.05) is 0 Å². The molecule has 0 fully saturated rings. The van der Waals surface area contributed by atoms with E-state index in [1.54, 1.807) is 40.0 Å². The Morgan fingerprint density at radius 1 is 1.29 bits per heavy atom. The highest BCUT2D eigenvalue weighted by Gasteiger charge is 2.26. The van der Waals surface area contributed by atoms with Gasteiger partial charge in [0.1, 0.15) is 0 Å². The second-order valence-corrected chi connectivity index (χ2v) is 7.78. The fraction of sp³-hybridized carbons (Fsp3) is 0.467. The predicted octanol–water partition coefficient (Wildman–Crippen LogP) is 2.10. The lowest BCUT2D eigenvalue weighted by molar-refractivity contribution is 0.0781. The lowest BCUT2D eigenvalue weighted by atomic mass is 10.1. The second kappa shape index (κ2) is 6.72. The summed E-state index contributed by atoms with van der Waals surface area (Å²) in [6.07, 6.45) is 0. The summed E-state index contributed by atoms with van der Waals surface area (Å²) < 4.78 is 24.7. The first-order valence-electron chi connectivity index (χ1n) is 6.69. The fourth-order valence-corrected chi connectivity index (χ4v) is 3.12. The molecule has 0 aliphatic heterocycles. The fourth-order valence-electron chi connectivity index (χ4n) is 1.89. The average molecular weight is 308 g/mol. The normalized spacial score (nSPS) is 12.8. The van der Waals surface area contributed by atoms with Gasteiger partial charge in [0.2, 0.25) is 0 Å². The van der Waals surface area contributed by atoms with Crippen LogP contribution in [0.15, 0.2) is 29.2 Å².